The third-order valence-corrected chi connectivity index (χ3v) is 4.03. The van der Waals surface area contributed by atoms with Crippen molar-refractivity contribution in [1.82, 2.24) is 4.57 Å². The molecule has 0 unspecified atom stereocenters. The molecule has 126 valence electrons. The van der Waals surface area contributed by atoms with E-state index in [1.54, 1.807) is 13.0 Å². The first-order valence-corrected chi connectivity index (χ1v) is 8.06. The first-order chi connectivity index (χ1) is 11.6. The molecule has 0 radical (unpaired) electrons. The van der Waals surface area contributed by atoms with E-state index in [0.29, 0.717) is 29.2 Å². The van der Waals surface area contributed by atoms with Crippen LogP contribution in [0.25, 0.3) is 0 Å². The smallest absolute Gasteiger partial charge is 0.355 e. The van der Waals surface area contributed by atoms with Gasteiger partial charge in [0.2, 0.25) is 0 Å². The normalized spacial score (nSPS) is 13.6. The molecule has 1 aliphatic rings. The van der Waals surface area contributed by atoms with E-state index in [9.17, 15) is 14.0 Å². The van der Waals surface area contributed by atoms with Crippen molar-refractivity contribution in [2.24, 2.45) is 0 Å². The van der Waals surface area contributed by atoms with Crippen molar-refractivity contribution in [3.63, 3.8) is 0 Å². The van der Waals surface area contributed by atoms with Crippen molar-refractivity contribution in [3.05, 3.63) is 53.0 Å². The van der Waals surface area contributed by atoms with E-state index < -0.39 is 11.8 Å². The number of hydrogen-bond acceptors (Lipinski definition) is 4. The van der Waals surface area contributed by atoms with Gasteiger partial charge in [0.25, 0.3) is 0 Å². The second-order valence-electron chi connectivity index (χ2n) is 5.63. The molecule has 2 heterocycles. The molecule has 1 aromatic heterocycles. The minimum Gasteiger partial charge on any atom is -0.461 e. The van der Waals surface area contributed by atoms with E-state index in [-0.39, 0.29) is 12.4 Å². The monoisotopic (exact) mass is 330 g/mol. The number of halogens is 1. The Hall–Kier alpha value is -2.63. The zero-order valence-corrected chi connectivity index (χ0v) is 13.5. The van der Waals surface area contributed by atoms with Crippen LogP contribution in [-0.2, 0) is 11.3 Å². The number of fused-ring (bicyclic) bond motifs is 1. The maximum atomic E-state index is 13.1. The highest BCUT2D eigenvalue weighted by Gasteiger charge is 2.26. The molecule has 2 aromatic rings. The molecule has 3 rings (SSSR count). The van der Waals surface area contributed by atoms with Gasteiger partial charge in [0.15, 0.2) is 5.78 Å². The van der Waals surface area contributed by atoms with Crippen LogP contribution in [0.1, 0.15) is 46.2 Å². The fraction of sp³-hybridized carbons (Fsp3) is 0.333. The van der Waals surface area contributed by atoms with Gasteiger partial charge in [-0.15, -0.1) is 0 Å². The summed E-state index contributed by atoms with van der Waals surface area (Å²) >= 11 is 0. The number of rotatable bonds is 4. The summed E-state index contributed by atoms with van der Waals surface area (Å²) in [5.41, 5.74) is 1.16. The average Bonchev–Trinajstić information content (AvgIpc) is 2.76. The van der Waals surface area contributed by atoms with E-state index in [1.807, 2.05) is 4.57 Å². The molecule has 5 nitrogen and oxygen atoms in total. The van der Waals surface area contributed by atoms with Crippen LogP contribution >= 0.6 is 0 Å². The van der Waals surface area contributed by atoms with Gasteiger partial charge in [0.1, 0.15) is 17.3 Å². The zero-order valence-electron chi connectivity index (χ0n) is 13.5. The summed E-state index contributed by atoms with van der Waals surface area (Å²) in [7, 11) is 0. The second kappa shape index (κ2) is 6.86. The van der Waals surface area contributed by atoms with E-state index in [1.165, 1.54) is 24.3 Å². The van der Waals surface area contributed by atoms with Crippen LogP contribution in [-0.4, -0.2) is 29.5 Å². The molecule has 0 bridgehead atoms. The van der Waals surface area contributed by atoms with Crippen LogP contribution in [0.5, 0.6) is 0 Å². The molecule has 0 atom stereocenters. The molecule has 0 spiro atoms. The number of aromatic nitrogens is 1. The molecule has 0 aliphatic carbocycles. The minimum atomic E-state index is -0.444. The van der Waals surface area contributed by atoms with Gasteiger partial charge in [0.05, 0.1) is 12.2 Å². The Morgan fingerprint density at radius 3 is 2.71 bits per heavy atom. The zero-order chi connectivity index (χ0) is 17.1. The summed E-state index contributed by atoms with van der Waals surface area (Å²) in [4.78, 5) is 25.0. The number of nitrogens with one attached hydrogen (secondary N) is 1. The molecule has 0 fully saturated rings. The summed E-state index contributed by atoms with van der Waals surface area (Å²) in [6.45, 7) is 3.39. The molecule has 0 amide bonds. The Morgan fingerprint density at radius 1 is 1.25 bits per heavy atom. The highest BCUT2D eigenvalue weighted by Crippen LogP contribution is 2.28. The van der Waals surface area contributed by atoms with Crippen LogP contribution in [0.15, 0.2) is 30.3 Å². The topological polar surface area (TPSA) is 60.3 Å². The third kappa shape index (κ3) is 3.04. The lowest BCUT2D eigenvalue weighted by molar-refractivity contribution is 0.0514. The van der Waals surface area contributed by atoms with E-state index in [2.05, 4.69) is 5.32 Å². The quantitative estimate of drug-likeness (QED) is 0.690. The van der Waals surface area contributed by atoms with Crippen LogP contribution in [0, 0.1) is 5.82 Å². The maximum Gasteiger partial charge on any atom is 0.355 e. The van der Waals surface area contributed by atoms with Crippen molar-refractivity contribution in [2.75, 3.05) is 18.5 Å². The summed E-state index contributed by atoms with van der Waals surface area (Å²) < 4.78 is 20.0. The number of anilines is 1. The minimum absolute atomic E-state index is 0.247. The number of carbonyl (C=O) groups excluding carboxylic acids is 2. The highest BCUT2D eigenvalue weighted by atomic mass is 19.1. The molecule has 6 heteroatoms. The van der Waals surface area contributed by atoms with Crippen LogP contribution in [0.4, 0.5) is 10.2 Å². The fourth-order valence-electron chi connectivity index (χ4n) is 2.88. The highest BCUT2D eigenvalue weighted by molar-refractivity contribution is 6.13. The van der Waals surface area contributed by atoms with E-state index in [0.717, 1.165) is 19.4 Å². The number of esters is 1. The standard InChI is InChI=1S/C18H19FN2O3/c1-2-24-18(23)15-11-14(17-20-9-3-4-10-21(15)17)16(22)12-5-7-13(19)8-6-12/h5-8,11,20H,2-4,9-10H2,1H3. The first-order valence-electron chi connectivity index (χ1n) is 8.06. The van der Waals surface area contributed by atoms with Crippen molar-refractivity contribution < 1.29 is 18.7 Å². The van der Waals surface area contributed by atoms with Crippen LogP contribution in [0.2, 0.25) is 0 Å². The summed E-state index contributed by atoms with van der Waals surface area (Å²) in [5, 5.41) is 3.23. The summed E-state index contributed by atoms with van der Waals surface area (Å²) in [6.07, 6.45) is 1.86. The number of ether oxygens (including phenoxy) is 1. The van der Waals surface area contributed by atoms with Crippen molar-refractivity contribution in [2.45, 2.75) is 26.3 Å². The lowest BCUT2D eigenvalue weighted by Gasteiger charge is -2.10. The lowest BCUT2D eigenvalue weighted by atomic mass is 10.0. The van der Waals surface area contributed by atoms with Gasteiger partial charge in [-0.25, -0.2) is 9.18 Å². The number of carbonyl (C=O) groups is 2. The SMILES string of the molecule is CCOC(=O)c1cc(C(=O)c2ccc(F)cc2)c2n1CCCCN2. The molecular weight excluding hydrogens is 311 g/mol. The maximum absolute atomic E-state index is 13.1. The predicted octanol–water partition coefficient (Wildman–Crippen LogP) is 3.24. The lowest BCUT2D eigenvalue weighted by Crippen LogP contribution is -2.13. The molecule has 1 N–H and O–H groups in total. The van der Waals surface area contributed by atoms with Crippen molar-refractivity contribution in [1.29, 1.82) is 0 Å². The van der Waals surface area contributed by atoms with Gasteiger partial charge in [-0.2, -0.15) is 0 Å². The van der Waals surface area contributed by atoms with E-state index >= 15 is 0 Å². The van der Waals surface area contributed by atoms with Gasteiger partial charge in [-0.3, -0.25) is 4.79 Å². The number of ketones is 1. The molecule has 1 aromatic carbocycles. The third-order valence-electron chi connectivity index (χ3n) is 4.03. The largest absolute Gasteiger partial charge is 0.461 e. The van der Waals surface area contributed by atoms with Crippen molar-refractivity contribution in [3.8, 4) is 0 Å². The van der Waals surface area contributed by atoms with Crippen molar-refractivity contribution >= 4 is 17.6 Å². The predicted molar refractivity (Wildman–Crippen MR) is 87.9 cm³/mol. The fourth-order valence-corrected chi connectivity index (χ4v) is 2.88. The summed E-state index contributed by atoms with van der Waals surface area (Å²) in [6, 6.07) is 6.96. The summed E-state index contributed by atoms with van der Waals surface area (Å²) in [5.74, 6) is -0.457. The van der Waals surface area contributed by atoms with Gasteiger partial charge in [-0.05, 0) is 50.1 Å². The second-order valence-corrected chi connectivity index (χ2v) is 5.63. The van der Waals surface area contributed by atoms with Crippen LogP contribution < -0.4 is 5.32 Å². The molecule has 1 aliphatic heterocycles. The van der Waals surface area contributed by atoms with Gasteiger partial charge in [0, 0.05) is 18.7 Å². The Balaban J connectivity index is 2.05. The van der Waals surface area contributed by atoms with Gasteiger partial charge in [-0.1, -0.05) is 0 Å². The molecule has 24 heavy (non-hydrogen) atoms. The van der Waals surface area contributed by atoms with Crippen LogP contribution in [0.3, 0.4) is 0 Å². The average molecular weight is 330 g/mol. The number of benzene rings is 1. The van der Waals surface area contributed by atoms with Gasteiger partial charge >= 0.3 is 5.97 Å². The molecule has 0 saturated carbocycles. The molecule has 0 saturated heterocycles. The van der Waals surface area contributed by atoms with E-state index in [4.69, 9.17) is 4.74 Å². The number of nitrogens with zero attached hydrogens (tertiary/aromatic N) is 1. The Kier molecular flexibility index (Phi) is 4.64. The Labute approximate surface area is 139 Å². The number of hydrogen-bond donors (Lipinski definition) is 1. The van der Waals surface area contributed by atoms with Gasteiger partial charge < -0.3 is 14.6 Å². The Bertz CT molecular complexity index is 765. The molecular formula is C18H19FN2O3. The Morgan fingerprint density at radius 2 is 2.00 bits per heavy atom. The first kappa shape index (κ1) is 16.2.